The van der Waals surface area contributed by atoms with Crippen molar-refractivity contribution < 1.29 is 14.6 Å². The van der Waals surface area contributed by atoms with Gasteiger partial charge in [-0.3, -0.25) is 4.79 Å². The normalized spacial score (nSPS) is 12.6. The lowest BCUT2D eigenvalue weighted by Crippen LogP contribution is -2.20. The fourth-order valence-corrected chi connectivity index (χ4v) is 2.61. The number of carboxylic acids is 1. The highest BCUT2D eigenvalue weighted by Gasteiger charge is 2.20. The Balaban J connectivity index is 2.46. The van der Waals surface area contributed by atoms with E-state index in [0.717, 1.165) is 22.2 Å². The van der Waals surface area contributed by atoms with E-state index >= 15 is 0 Å². The Hall–Kier alpha value is -2.01. The molecule has 20 heavy (non-hydrogen) atoms. The molecule has 1 atom stereocenters. The zero-order chi connectivity index (χ0) is 14.7. The predicted molar refractivity (Wildman–Crippen MR) is 78.0 cm³/mol. The molecule has 0 saturated heterocycles. The number of aliphatic carboxylic acids is 1. The summed E-state index contributed by atoms with van der Waals surface area (Å²) in [6.45, 7) is 0.374. The number of methoxy groups -OCH3 is 1. The summed E-state index contributed by atoms with van der Waals surface area (Å²) in [5.74, 6) is -0.493. The maximum atomic E-state index is 11.3. The van der Waals surface area contributed by atoms with E-state index in [-0.39, 0.29) is 0 Å². The van der Waals surface area contributed by atoms with Gasteiger partial charge < -0.3 is 20.1 Å². The molecule has 5 heteroatoms. The van der Waals surface area contributed by atoms with Gasteiger partial charge in [-0.15, -0.1) is 0 Å². The van der Waals surface area contributed by atoms with E-state index in [1.54, 1.807) is 7.11 Å². The Labute approximate surface area is 117 Å². The number of carboxylic acid groups (broad SMARTS) is 1. The molecule has 108 valence electrons. The first-order valence-corrected chi connectivity index (χ1v) is 6.62. The summed E-state index contributed by atoms with van der Waals surface area (Å²) < 4.78 is 7.39. The van der Waals surface area contributed by atoms with Gasteiger partial charge in [0, 0.05) is 18.6 Å². The average Bonchev–Trinajstić information content (AvgIpc) is 2.75. The molecular formula is C15H20N2O3. The molecule has 0 bridgehead atoms. The molecular weight excluding hydrogens is 256 g/mol. The van der Waals surface area contributed by atoms with Gasteiger partial charge in [0.05, 0.1) is 18.5 Å². The molecule has 0 amide bonds. The quantitative estimate of drug-likeness (QED) is 0.843. The number of aryl methyl sites for hydroxylation is 1. The predicted octanol–water partition coefficient (Wildman–Crippen LogP) is 1.78. The van der Waals surface area contributed by atoms with Gasteiger partial charge in [0.2, 0.25) is 0 Å². The number of benzene rings is 1. The molecule has 1 aromatic heterocycles. The third-order valence-corrected chi connectivity index (χ3v) is 3.61. The van der Waals surface area contributed by atoms with Crippen molar-refractivity contribution >= 4 is 16.9 Å². The van der Waals surface area contributed by atoms with Crippen molar-refractivity contribution in [2.45, 2.75) is 12.8 Å². The second-order valence-corrected chi connectivity index (χ2v) is 4.94. The van der Waals surface area contributed by atoms with E-state index in [0.29, 0.717) is 19.4 Å². The van der Waals surface area contributed by atoms with Crippen molar-refractivity contribution in [1.82, 2.24) is 4.57 Å². The Kier molecular flexibility index (Phi) is 4.29. The van der Waals surface area contributed by atoms with E-state index in [1.807, 2.05) is 36.0 Å². The van der Waals surface area contributed by atoms with Crippen molar-refractivity contribution in [3.05, 3.63) is 30.0 Å². The van der Waals surface area contributed by atoms with E-state index in [9.17, 15) is 9.90 Å². The molecule has 0 aliphatic rings. The monoisotopic (exact) mass is 276 g/mol. The summed E-state index contributed by atoms with van der Waals surface area (Å²) in [6, 6.07) is 5.82. The molecule has 2 aromatic rings. The maximum Gasteiger partial charge on any atom is 0.306 e. The fourth-order valence-electron chi connectivity index (χ4n) is 2.61. The second kappa shape index (κ2) is 5.96. The number of ether oxygens (including phenoxy) is 1. The van der Waals surface area contributed by atoms with Crippen molar-refractivity contribution in [2.24, 2.45) is 18.7 Å². The maximum absolute atomic E-state index is 11.3. The molecule has 1 heterocycles. The van der Waals surface area contributed by atoms with Gasteiger partial charge in [-0.05, 0) is 37.1 Å². The molecule has 5 nitrogen and oxygen atoms in total. The summed E-state index contributed by atoms with van der Waals surface area (Å²) in [4.78, 5) is 11.3. The van der Waals surface area contributed by atoms with Crippen molar-refractivity contribution in [3.63, 3.8) is 0 Å². The average molecular weight is 276 g/mol. The Morgan fingerprint density at radius 2 is 2.25 bits per heavy atom. The molecule has 0 aliphatic carbocycles. The standard InChI is InChI=1S/C15H20N2O3/c1-17-9-11(8-10(6-7-16)15(18)19)14-12(17)4-3-5-13(14)20-2/h3-5,9-10H,6-8,16H2,1-2H3,(H,18,19). The van der Waals surface area contributed by atoms with Crippen LogP contribution in [0, 0.1) is 5.92 Å². The number of aromatic nitrogens is 1. The zero-order valence-electron chi connectivity index (χ0n) is 11.8. The number of carbonyl (C=O) groups is 1. The molecule has 3 N–H and O–H groups in total. The van der Waals surface area contributed by atoms with Crippen LogP contribution in [0.2, 0.25) is 0 Å². The first-order valence-electron chi connectivity index (χ1n) is 6.62. The highest BCUT2D eigenvalue weighted by atomic mass is 16.5. The van der Waals surface area contributed by atoms with Crippen LogP contribution in [0.1, 0.15) is 12.0 Å². The summed E-state index contributed by atoms with van der Waals surface area (Å²) in [5, 5.41) is 10.3. The minimum absolute atomic E-state index is 0.374. The van der Waals surface area contributed by atoms with Gasteiger partial charge in [0.1, 0.15) is 5.75 Å². The Bertz CT molecular complexity index is 619. The van der Waals surface area contributed by atoms with E-state index in [1.165, 1.54) is 0 Å². The number of rotatable bonds is 6. The van der Waals surface area contributed by atoms with Crippen LogP contribution in [0.5, 0.6) is 5.75 Å². The lowest BCUT2D eigenvalue weighted by atomic mass is 9.96. The highest BCUT2D eigenvalue weighted by molar-refractivity contribution is 5.90. The van der Waals surface area contributed by atoms with Gasteiger partial charge in [-0.2, -0.15) is 0 Å². The molecule has 2 rings (SSSR count). The molecule has 1 unspecified atom stereocenters. The smallest absolute Gasteiger partial charge is 0.306 e. The van der Waals surface area contributed by atoms with Crippen molar-refractivity contribution in [2.75, 3.05) is 13.7 Å². The van der Waals surface area contributed by atoms with Gasteiger partial charge in [-0.1, -0.05) is 6.07 Å². The summed E-state index contributed by atoms with van der Waals surface area (Å²) >= 11 is 0. The molecule has 0 radical (unpaired) electrons. The number of fused-ring (bicyclic) bond motifs is 1. The minimum atomic E-state index is -0.803. The lowest BCUT2D eigenvalue weighted by Gasteiger charge is -2.11. The third kappa shape index (κ3) is 2.63. The van der Waals surface area contributed by atoms with Crippen LogP contribution in [0.4, 0.5) is 0 Å². The summed E-state index contributed by atoms with van der Waals surface area (Å²) in [5.41, 5.74) is 7.53. The van der Waals surface area contributed by atoms with Crippen LogP contribution in [-0.4, -0.2) is 29.3 Å². The van der Waals surface area contributed by atoms with Gasteiger partial charge >= 0.3 is 5.97 Å². The number of nitrogens with zero attached hydrogens (tertiary/aromatic N) is 1. The number of hydrogen-bond acceptors (Lipinski definition) is 3. The third-order valence-electron chi connectivity index (χ3n) is 3.61. The van der Waals surface area contributed by atoms with E-state index in [4.69, 9.17) is 10.5 Å². The van der Waals surface area contributed by atoms with Crippen LogP contribution in [-0.2, 0) is 18.3 Å². The van der Waals surface area contributed by atoms with Crippen LogP contribution in [0.3, 0.4) is 0 Å². The molecule has 0 spiro atoms. The van der Waals surface area contributed by atoms with Crippen molar-refractivity contribution in [3.8, 4) is 5.75 Å². The van der Waals surface area contributed by atoms with Crippen LogP contribution in [0.15, 0.2) is 24.4 Å². The van der Waals surface area contributed by atoms with Crippen LogP contribution >= 0.6 is 0 Å². The summed E-state index contributed by atoms with van der Waals surface area (Å²) in [6.07, 6.45) is 2.91. The largest absolute Gasteiger partial charge is 0.496 e. The number of hydrogen-bond donors (Lipinski definition) is 2. The van der Waals surface area contributed by atoms with Gasteiger partial charge in [0.25, 0.3) is 0 Å². The zero-order valence-corrected chi connectivity index (χ0v) is 11.8. The van der Waals surface area contributed by atoms with Crippen LogP contribution < -0.4 is 10.5 Å². The summed E-state index contributed by atoms with van der Waals surface area (Å²) in [7, 11) is 3.57. The lowest BCUT2D eigenvalue weighted by molar-refractivity contribution is -0.141. The van der Waals surface area contributed by atoms with Gasteiger partial charge in [-0.25, -0.2) is 0 Å². The first kappa shape index (κ1) is 14.4. The molecule has 0 saturated carbocycles. The highest BCUT2D eigenvalue weighted by Crippen LogP contribution is 2.31. The SMILES string of the molecule is COc1cccc2c1c(CC(CCN)C(=O)O)cn2C. The second-order valence-electron chi connectivity index (χ2n) is 4.94. The minimum Gasteiger partial charge on any atom is -0.496 e. The Morgan fingerprint density at radius 1 is 1.50 bits per heavy atom. The van der Waals surface area contributed by atoms with E-state index in [2.05, 4.69) is 0 Å². The fraction of sp³-hybridized carbons (Fsp3) is 0.400. The van der Waals surface area contributed by atoms with Gasteiger partial charge in [0.15, 0.2) is 0 Å². The molecule has 1 aromatic carbocycles. The van der Waals surface area contributed by atoms with Crippen molar-refractivity contribution in [1.29, 1.82) is 0 Å². The Morgan fingerprint density at radius 3 is 2.85 bits per heavy atom. The first-order chi connectivity index (χ1) is 9.58. The molecule has 0 fully saturated rings. The van der Waals surface area contributed by atoms with E-state index < -0.39 is 11.9 Å². The number of nitrogens with two attached hydrogens (primary N) is 1. The molecule has 0 aliphatic heterocycles. The topological polar surface area (TPSA) is 77.5 Å². The van der Waals surface area contributed by atoms with Crippen LogP contribution in [0.25, 0.3) is 10.9 Å².